The topological polar surface area (TPSA) is 38.3 Å². The molecule has 1 aliphatic carbocycles. The van der Waals surface area contributed by atoms with E-state index < -0.39 is 0 Å². The summed E-state index contributed by atoms with van der Waals surface area (Å²) in [5, 5.41) is 3.00. The van der Waals surface area contributed by atoms with Gasteiger partial charge in [-0.15, -0.1) is 0 Å². The molecule has 3 aromatic carbocycles. The summed E-state index contributed by atoms with van der Waals surface area (Å²) in [5.41, 5.74) is 3.43. The number of rotatable bonds is 6. The third-order valence-corrected chi connectivity index (χ3v) is 5.93. The van der Waals surface area contributed by atoms with Gasteiger partial charge in [-0.2, -0.15) is 0 Å². The number of ether oxygens (including phenoxy) is 1. The van der Waals surface area contributed by atoms with Crippen molar-refractivity contribution in [2.45, 2.75) is 35.5 Å². The number of aryl methyl sites for hydroxylation is 1. The number of anilines is 1. The number of fused-ring (bicyclic) bond motifs is 1. The number of amides is 1. The molecule has 4 heteroatoms. The van der Waals surface area contributed by atoms with E-state index in [1.54, 1.807) is 11.8 Å². The molecule has 0 spiro atoms. The van der Waals surface area contributed by atoms with Crippen molar-refractivity contribution in [3.05, 3.63) is 83.9 Å². The number of carbonyl (C=O) groups excluding carboxylic acids is 1. The van der Waals surface area contributed by atoms with Crippen molar-refractivity contribution in [3.8, 4) is 5.75 Å². The molecule has 1 N–H and O–H groups in total. The zero-order valence-electron chi connectivity index (χ0n) is 15.7. The van der Waals surface area contributed by atoms with Crippen LogP contribution in [0.3, 0.4) is 0 Å². The predicted octanol–water partition coefficient (Wildman–Crippen LogP) is 5.73. The lowest BCUT2D eigenvalue weighted by atomic mass is 9.91. The first-order chi connectivity index (χ1) is 13.8. The lowest BCUT2D eigenvalue weighted by Crippen LogP contribution is -2.21. The van der Waals surface area contributed by atoms with Gasteiger partial charge in [0.25, 0.3) is 5.91 Å². The smallest absolute Gasteiger partial charge is 0.262 e. The van der Waals surface area contributed by atoms with E-state index in [-0.39, 0.29) is 12.5 Å². The number of carbonyl (C=O) groups is 1. The van der Waals surface area contributed by atoms with Crippen molar-refractivity contribution >= 4 is 23.4 Å². The molecule has 3 aromatic rings. The lowest BCUT2D eigenvalue weighted by Gasteiger charge is -2.19. The fourth-order valence-electron chi connectivity index (χ4n) is 3.49. The van der Waals surface area contributed by atoms with Gasteiger partial charge in [-0.25, -0.2) is 0 Å². The molecule has 0 heterocycles. The summed E-state index contributed by atoms with van der Waals surface area (Å²) in [5.74, 6) is 0.703. The van der Waals surface area contributed by atoms with E-state index in [2.05, 4.69) is 23.5 Å². The van der Waals surface area contributed by atoms with Crippen molar-refractivity contribution in [3.63, 3.8) is 0 Å². The van der Waals surface area contributed by atoms with E-state index in [0.29, 0.717) is 0 Å². The number of nitrogens with one attached hydrogen (secondary N) is 1. The largest absolute Gasteiger partial charge is 0.483 e. The maximum Gasteiger partial charge on any atom is 0.262 e. The van der Waals surface area contributed by atoms with E-state index in [9.17, 15) is 4.79 Å². The van der Waals surface area contributed by atoms with Gasteiger partial charge in [0.1, 0.15) is 5.75 Å². The fourth-order valence-corrected chi connectivity index (χ4v) is 4.41. The lowest BCUT2D eigenvalue weighted by molar-refractivity contribution is -0.118. The maximum atomic E-state index is 12.5. The van der Waals surface area contributed by atoms with Crippen LogP contribution in [0.4, 0.5) is 5.69 Å². The molecule has 0 atom stereocenters. The Balaban J connectivity index is 1.41. The Hall–Kier alpha value is -2.72. The van der Waals surface area contributed by atoms with Crippen LogP contribution in [0.1, 0.15) is 24.0 Å². The van der Waals surface area contributed by atoms with Gasteiger partial charge in [0.05, 0.1) is 5.69 Å². The molecule has 28 heavy (non-hydrogen) atoms. The Kier molecular flexibility index (Phi) is 5.98. The average Bonchev–Trinajstić information content (AvgIpc) is 2.74. The highest BCUT2D eigenvalue weighted by Gasteiger charge is 2.15. The molecule has 0 unspecified atom stereocenters. The first kappa shape index (κ1) is 18.6. The summed E-state index contributed by atoms with van der Waals surface area (Å²) in [7, 11) is 0. The minimum atomic E-state index is -0.144. The molecule has 1 amide bonds. The second-order valence-electron chi connectivity index (χ2n) is 6.85. The van der Waals surface area contributed by atoms with Crippen molar-refractivity contribution < 1.29 is 9.53 Å². The Labute approximate surface area is 170 Å². The summed E-state index contributed by atoms with van der Waals surface area (Å²) in [6.45, 7) is 0.0147. The molecule has 0 radical (unpaired) electrons. The van der Waals surface area contributed by atoms with Crippen LogP contribution in [0, 0.1) is 0 Å². The molecule has 0 bridgehead atoms. The van der Waals surface area contributed by atoms with Crippen LogP contribution in [-0.2, 0) is 17.6 Å². The Morgan fingerprint density at radius 1 is 0.893 bits per heavy atom. The highest BCUT2D eigenvalue weighted by molar-refractivity contribution is 7.99. The second-order valence-corrected chi connectivity index (χ2v) is 7.96. The van der Waals surface area contributed by atoms with Crippen molar-refractivity contribution in [1.29, 1.82) is 0 Å². The summed E-state index contributed by atoms with van der Waals surface area (Å²) >= 11 is 1.63. The van der Waals surface area contributed by atoms with Crippen LogP contribution in [0.15, 0.2) is 82.6 Å². The molecule has 4 rings (SSSR count). The molecule has 0 saturated heterocycles. The minimum Gasteiger partial charge on any atom is -0.483 e. The third-order valence-electron chi connectivity index (χ3n) is 4.84. The highest BCUT2D eigenvalue weighted by Crippen LogP contribution is 2.33. The Morgan fingerprint density at radius 3 is 2.57 bits per heavy atom. The first-order valence-corrected chi connectivity index (χ1v) is 10.5. The van der Waals surface area contributed by atoms with Crippen LogP contribution in [0.25, 0.3) is 0 Å². The van der Waals surface area contributed by atoms with Crippen LogP contribution in [-0.4, -0.2) is 12.5 Å². The van der Waals surface area contributed by atoms with Crippen LogP contribution < -0.4 is 10.1 Å². The molecule has 3 nitrogen and oxygen atoms in total. The monoisotopic (exact) mass is 389 g/mol. The van der Waals surface area contributed by atoms with E-state index in [4.69, 9.17) is 4.74 Å². The molecule has 0 aromatic heterocycles. The van der Waals surface area contributed by atoms with Crippen LogP contribution >= 0.6 is 11.8 Å². The molecular weight excluding hydrogens is 366 g/mol. The standard InChI is InChI=1S/C24H23NO2S/c26-24(17-27-22-15-8-10-18-9-4-5-13-20(18)22)25-21-14-6-7-16-23(21)28-19-11-2-1-3-12-19/h1-3,6-8,10-12,14-16H,4-5,9,13,17H2,(H,25,26). The number of hydrogen-bond donors (Lipinski definition) is 1. The van der Waals surface area contributed by atoms with Gasteiger partial charge in [0.15, 0.2) is 6.61 Å². The summed E-state index contributed by atoms with van der Waals surface area (Å²) in [4.78, 5) is 14.7. The van der Waals surface area contributed by atoms with E-state index in [1.165, 1.54) is 24.0 Å². The van der Waals surface area contributed by atoms with Gasteiger partial charge in [0.2, 0.25) is 0 Å². The summed E-state index contributed by atoms with van der Waals surface area (Å²) < 4.78 is 5.88. The van der Waals surface area contributed by atoms with E-state index >= 15 is 0 Å². The predicted molar refractivity (Wildman–Crippen MR) is 114 cm³/mol. The van der Waals surface area contributed by atoms with Gasteiger partial charge >= 0.3 is 0 Å². The number of benzene rings is 3. The minimum absolute atomic E-state index is 0.0147. The van der Waals surface area contributed by atoms with Crippen LogP contribution in [0.2, 0.25) is 0 Å². The Morgan fingerprint density at radius 2 is 1.68 bits per heavy atom. The average molecular weight is 390 g/mol. The zero-order chi connectivity index (χ0) is 19.2. The Bertz CT molecular complexity index is 956. The van der Waals surface area contributed by atoms with Crippen molar-refractivity contribution in [1.82, 2.24) is 0 Å². The quantitative estimate of drug-likeness (QED) is 0.585. The van der Waals surface area contributed by atoms with Gasteiger partial charge in [-0.1, -0.05) is 54.2 Å². The van der Waals surface area contributed by atoms with Gasteiger partial charge in [-0.05, 0) is 67.1 Å². The molecule has 0 fully saturated rings. The first-order valence-electron chi connectivity index (χ1n) is 9.65. The van der Waals surface area contributed by atoms with Gasteiger partial charge in [0, 0.05) is 9.79 Å². The second kappa shape index (κ2) is 8.98. The van der Waals surface area contributed by atoms with Gasteiger partial charge < -0.3 is 10.1 Å². The van der Waals surface area contributed by atoms with Gasteiger partial charge in [-0.3, -0.25) is 4.79 Å². The number of para-hydroxylation sites is 1. The van der Waals surface area contributed by atoms with Crippen molar-refractivity contribution in [2.24, 2.45) is 0 Å². The highest BCUT2D eigenvalue weighted by atomic mass is 32.2. The normalized spacial score (nSPS) is 12.9. The van der Waals surface area contributed by atoms with Crippen molar-refractivity contribution in [2.75, 3.05) is 11.9 Å². The fraction of sp³-hybridized carbons (Fsp3) is 0.208. The SMILES string of the molecule is O=C(COc1cccc2c1CCCC2)Nc1ccccc1Sc1ccccc1. The molecule has 1 aliphatic rings. The van der Waals surface area contributed by atoms with E-state index in [1.807, 2.05) is 54.6 Å². The number of hydrogen-bond acceptors (Lipinski definition) is 3. The third kappa shape index (κ3) is 4.57. The summed E-state index contributed by atoms with van der Waals surface area (Å²) in [6.07, 6.45) is 4.54. The molecular formula is C24H23NO2S. The molecule has 0 saturated carbocycles. The molecule has 142 valence electrons. The maximum absolute atomic E-state index is 12.5. The van der Waals surface area contributed by atoms with E-state index in [0.717, 1.165) is 34.1 Å². The van der Waals surface area contributed by atoms with Crippen LogP contribution in [0.5, 0.6) is 5.75 Å². The molecule has 0 aliphatic heterocycles. The zero-order valence-corrected chi connectivity index (χ0v) is 16.5. The summed E-state index contributed by atoms with van der Waals surface area (Å²) in [6, 6.07) is 24.1.